The molecule has 0 aliphatic carbocycles. The number of likely N-dealkylation sites (N-methyl/N-ethyl adjacent to an activating group) is 1. The average Bonchev–Trinajstić information content (AvgIpc) is 2.42. The fourth-order valence-corrected chi connectivity index (χ4v) is 2.55. The SMILES string of the molecule is CN1CCN(CCNC(=O)CN2CCNCC2)CC1. The van der Waals surface area contributed by atoms with Gasteiger partial charge in [0, 0.05) is 65.4 Å². The first-order valence-corrected chi connectivity index (χ1v) is 7.35. The number of hydrogen-bond acceptors (Lipinski definition) is 5. The maximum Gasteiger partial charge on any atom is 0.234 e. The first-order valence-electron chi connectivity index (χ1n) is 7.35. The summed E-state index contributed by atoms with van der Waals surface area (Å²) >= 11 is 0. The fourth-order valence-electron chi connectivity index (χ4n) is 2.55. The van der Waals surface area contributed by atoms with Crippen molar-refractivity contribution in [3.05, 3.63) is 0 Å². The largest absolute Gasteiger partial charge is 0.354 e. The maximum atomic E-state index is 11.8. The smallest absolute Gasteiger partial charge is 0.234 e. The van der Waals surface area contributed by atoms with Gasteiger partial charge in [0.1, 0.15) is 0 Å². The van der Waals surface area contributed by atoms with Crippen LogP contribution in [0.3, 0.4) is 0 Å². The number of piperazine rings is 2. The summed E-state index contributed by atoms with van der Waals surface area (Å²) in [5.41, 5.74) is 0. The molecule has 2 heterocycles. The number of rotatable bonds is 5. The van der Waals surface area contributed by atoms with Crippen molar-refractivity contribution < 1.29 is 4.79 Å². The highest BCUT2D eigenvalue weighted by atomic mass is 16.2. The van der Waals surface area contributed by atoms with E-state index in [4.69, 9.17) is 0 Å². The average molecular weight is 269 g/mol. The van der Waals surface area contributed by atoms with E-state index in [0.717, 1.165) is 65.4 Å². The van der Waals surface area contributed by atoms with Gasteiger partial charge in [-0.2, -0.15) is 0 Å². The molecule has 2 aliphatic rings. The van der Waals surface area contributed by atoms with Gasteiger partial charge in [0.25, 0.3) is 0 Å². The molecule has 6 heteroatoms. The number of amides is 1. The van der Waals surface area contributed by atoms with E-state index in [1.807, 2.05) is 0 Å². The van der Waals surface area contributed by atoms with E-state index in [9.17, 15) is 4.79 Å². The molecule has 2 fully saturated rings. The summed E-state index contributed by atoms with van der Waals surface area (Å²) in [6.45, 7) is 10.7. The van der Waals surface area contributed by atoms with Crippen LogP contribution in [-0.2, 0) is 4.79 Å². The topological polar surface area (TPSA) is 50.9 Å². The van der Waals surface area contributed by atoms with Crippen LogP contribution in [0.5, 0.6) is 0 Å². The molecule has 0 saturated carbocycles. The van der Waals surface area contributed by atoms with Crippen LogP contribution in [-0.4, -0.2) is 99.6 Å². The molecule has 2 N–H and O–H groups in total. The molecule has 19 heavy (non-hydrogen) atoms. The quantitative estimate of drug-likeness (QED) is 0.620. The Hall–Kier alpha value is -0.690. The third kappa shape index (κ3) is 5.44. The molecular weight excluding hydrogens is 242 g/mol. The molecule has 6 nitrogen and oxygen atoms in total. The van der Waals surface area contributed by atoms with Gasteiger partial charge in [-0.25, -0.2) is 0 Å². The number of hydrogen-bond donors (Lipinski definition) is 2. The normalized spacial score (nSPS) is 23.4. The van der Waals surface area contributed by atoms with Gasteiger partial charge in [0.15, 0.2) is 0 Å². The summed E-state index contributed by atoms with van der Waals surface area (Å²) in [6.07, 6.45) is 0. The van der Waals surface area contributed by atoms with Crippen molar-refractivity contribution in [3.63, 3.8) is 0 Å². The predicted octanol–water partition coefficient (Wildman–Crippen LogP) is -1.74. The minimum atomic E-state index is 0.163. The van der Waals surface area contributed by atoms with Gasteiger partial charge in [0.05, 0.1) is 6.54 Å². The highest BCUT2D eigenvalue weighted by molar-refractivity contribution is 5.78. The molecule has 0 radical (unpaired) electrons. The zero-order valence-electron chi connectivity index (χ0n) is 12.0. The molecule has 2 rings (SSSR count). The highest BCUT2D eigenvalue weighted by Crippen LogP contribution is 1.97. The Labute approximate surface area is 116 Å². The summed E-state index contributed by atoms with van der Waals surface area (Å²) in [7, 11) is 2.16. The van der Waals surface area contributed by atoms with Crippen molar-refractivity contribution >= 4 is 5.91 Å². The summed E-state index contributed by atoms with van der Waals surface area (Å²) in [6, 6.07) is 0. The van der Waals surface area contributed by atoms with E-state index in [1.165, 1.54) is 0 Å². The number of nitrogens with one attached hydrogen (secondary N) is 2. The second-order valence-corrected chi connectivity index (χ2v) is 5.52. The molecule has 2 saturated heterocycles. The maximum absolute atomic E-state index is 11.8. The van der Waals surface area contributed by atoms with Crippen LogP contribution < -0.4 is 10.6 Å². The first-order chi connectivity index (χ1) is 9.24. The van der Waals surface area contributed by atoms with Crippen LogP contribution >= 0.6 is 0 Å². The van der Waals surface area contributed by atoms with E-state index < -0.39 is 0 Å². The number of nitrogens with zero attached hydrogens (tertiary/aromatic N) is 3. The summed E-state index contributed by atoms with van der Waals surface area (Å²) < 4.78 is 0. The lowest BCUT2D eigenvalue weighted by Gasteiger charge is -2.32. The zero-order chi connectivity index (χ0) is 13.5. The third-order valence-corrected chi connectivity index (χ3v) is 3.92. The van der Waals surface area contributed by atoms with Crippen LogP contribution in [0.25, 0.3) is 0 Å². The molecule has 110 valence electrons. The Bertz CT molecular complexity index is 272. The molecular formula is C13H27N5O. The van der Waals surface area contributed by atoms with Gasteiger partial charge in [-0.15, -0.1) is 0 Å². The van der Waals surface area contributed by atoms with Crippen molar-refractivity contribution in [2.45, 2.75) is 0 Å². The Morgan fingerprint density at radius 2 is 1.74 bits per heavy atom. The Kier molecular flexibility index (Phi) is 6.03. The Balaban J connectivity index is 1.53. The Morgan fingerprint density at radius 1 is 1.05 bits per heavy atom. The van der Waals surface area contributed by atoms with Gasteiger partial charge >= 0.3 is 0 Å². The minimum absolute atomic E-state index is 0.163. The van der Waals surface area contributed by atoms with Gasteiger partial charge in [-0.05, 0) is 7.05 Å². The first kappa shape index (κ1) is 14.7. The van der Waals surface area contributed by atoms with Gasteiger partial charge in [0.2, 0.25) is 5.91 Å². The molecule has 0 aromatic rings. The van der Waals surface area contributed by atoms with Crippen LogP contribution in [0.1, 0.15) is 0 Å². The van der Waals surface area contributed by atoms with Crippen LogP contribution in [0.4, 0.5) is 0 Å². The number of carbonyl (C=O) groups is 1. The van der Waals surface area contributed by atoms with E-state index in [1.54, 1.807) is 0 Å². The second-order valence-electron chi connectivity index (χ2n) is 5.52. The lowest BCUT2D eigenvalue weighted by Crippen LogP contribution is -2.49. The van der Waals surface area contributed by atoms with Gasteiger partial charge < -0.3 is 15.5 Å². The Morgan fingerprint density at radius 3 is 2.42 bits per heavy atom. The van der Waals surface area contributed by atoms with Crippen LogP contribution in [0, 0.1) is 0 Å². The van der Waals surface area contributed by atoms with E-state index >= 15 is 0 Å². The molecule has 2 aliphatic heterocycles. The van der Waals surface area contributed by atoms with E-state index in [2.05, 4.69) is 32.4 Å². The summed E-state index contributed by atoms with van der Waals surface area (Å²) in [4.78, 5) is 18.8. The molecule has 0 atom stereocenters. The zero-order valence-corrected chi connectivity index (χ0v) is 12.0. The van der Waals surface area contributed by atoms with Crippen molar-refractivity contribution in [1.29, 1.82) is 0 Å². The van der Waals surface area contributed by atoms with Gasteiger partial charge in [-0.1, -0.05) is 0 Å². The van der Waals surface area contributed by atoms with Crippen molar-refractivity contribution in [1.82, 2.24) is 25.3 Å². The van der Waals surface area contributed by atoms with Crippen molar-refractivity contribution in [3.8, 4) is 0 Å². The molecule has 0 spiro atoms. The third-order valence-electron chi connectivity index (χ3n) is 3.92. The molecule has 0 aromatic heterocycles. The van der Waals surface area contributed by atoms with Gasteiger partial charge in [-0.3, -0.25) is 14.6 Å². The summed E-state index contributed by atoms with van der Waals surface area (Å²) in [5.74, 6) is 0.163. The molecule has 0 bridgehead atoms. The minimum Gasteiger partial charge on any atom is -0.354 e. The van der Waals surface area contributed by atoms with E-state index in [-0.39, 0.29) is 5.91 Å². The lowest BCUT2D eigenvalue weighted by molar-refractivity contribution is -0.122. The van der Waals surface area contributed by atoms with Crippen LogP contribution in [0.15, 0.2) is 0 Å². The fraction of sp³-hybridized carbons (Fsp3) is 0.923. The lowest BCUT2D eigenvalue weighted by atomic mass is 10.3. The highest BCUT2D eigenvalue weighted by Gasteiger charge is 2.15. The van der Waals surface area contributed by atoms with Crippen LogP contribution in [0.2, 0.25) is 0 Å². The molecule has 0 unspecified atom stereocenters. The molecule has 0 aromatic carbocycles. The molecule has 1 amide bonds. The standard InChI is InChI=1S/C13H27N5O/c1-16-8-10-17(11-9-16)7-4-15-13(19)12-18-5-2-14-3-6-18/h14H,2-12H2,1H3,(H,15,19). The monoisotopic (exact) mass is 269 g/mol. The summed E-state index contributed by atoms with van der Waals surface area (Å²) in [5, 5.41) is 6.33. The van der Waals surface area contributed by atoms with Crippen molar-refractivity contribution in [2.75, 3.05) is 79.0 Å². The van der Waals surface area contributed by atoms with E-state index in [0.29, 0.717) is 6.54 Å². The second kappa shape index (κ2) is 7.79. The number of carbonyl (C=O) groups excluding carboxylic acids is 1. The van der Waals surface area contributed by atoms with Crippen molar-refractivity contribution in [2.24, 2.45) is 0 Å². The predicted molar refractivity (Wildman–Crippen MR) is 76.3 cm³/mol.